The minimum atomic E-state index is 0.502. The van der Waals surface area contributed by atoms with Crippen molar-refractivity contribution in [3.05, 3.63) is 140 Å². The predicted octanol–water partition coefficient (Wildman–Crippen LogP) is 10.7. The molecule has 4 aromatic heterocycles. The van der Waals surface area contributed by atoms with Crippen LogP contribution in [0.25, 0.3) is 94.1 Å². The number of hydrogen-bond donors (Lipinski definition) is 0. The lowest BCUT2D eigenvalue weighted by Crippen LogP contribution is -1.96. The van der Waals surface area contributed by atoms with Crippen molar-refractivity contribution in [1.82, 2.24) is 14.5 Å². The molecule has 0 aliphatic rings. The number of furan rings is 2. The fraction of sp³-hybridized carbons (Fsp3) is 0. The highest BCUT2D eigenvalue weighted by molar-refractivity contribution is 6.24. The maximum Gasteiger partial charge on any atom is 0.247 e. The molecular weight excluding hydrogens is 554 g/mol. The first-order valence-electron chi connectivity index (χ1n) is 15.0. The van der Waals surface area contributed by atoms with Crippen LogP contribution < -0.4 is 0 Å². The summed E-state index contributed by atoms with van der Waals surface area (Å²) in [5.41, 5.74) is 10.4. The van der Waals surface area contributed by atoms with Crippen LogP contribution in [0.1, 0.15) is 0 Å². The van der Waals surface area contributed by atoms with Gasteiger partial charge in [-0.15, -0.1) is 0 Å². The minimum absolute atomic E-state index is 0.502. The Bertz CT molecular complexity index is 2750. The lowest BCUT2D eigenvalue weighted by Gasteiger charge is -2.10. The van der Waals surface area contributed by atoms with E-state index >= 15 is 0 Å². The average molecular weight is 578 g/mol. The number of hydrogen-bond acceptors (Lipinski definition) is 4. The Kier molecular flexibility index (Phi) is 4.93. The molecule has 10 rings (SSSR count). The van der Waals surface area contributed by atoms with Gasteiger partial charge >= 0.3 is 0 Å². The third-order valence-electron chi connectivity index (χ3n) is 8.82. The van der Waals surface area contributed by atoms with Gasteiger partial charge in [0.2, 0.25) is 5.71 Å². The van der Waals surface area contributed by atoms with Gasteiger partial charge in [-0.3, -0.25) is 0 Å². The maximum atomic E-state index is 6.57. The topological polar surface area (TPSA) is 57.0 Å². The van der Waals surface area contributed by atoms with Crippen molar-refractivity contribution < 1.29 is 8.83 Å². The van der Waals surface area contributed by atoms with E-state index in [0.29, 0.717) is 5.71 Å². The van der Waals surface area contributed by atoms with Gasteiger partial charge in [-0.05, 0) is 42.5 Å². The molecule has 0 aliphatic heterocycles. The summed E-state index contributed by atoms with van der Waals surface area (Å²) in [5.74, 6) is 0. The van der Waals surface area contributed by atoms with Crippen LogP contribution in [0.2, 0.25) is 0 Å². The molecule has 0 amide bonds. The van der Waals surface area contributed by atoms with Gasteiger partial charge in [0.25, 0.3) is 0 Å². The molecule has 0 spiro atoms. The molecule has 0 radical (unpaired) electrons. The first-order chi connectivity index (χ1) is 22.3. The van der Waals surface area contributed by atoms with E-state index in [1.54, 1.807) is 0 Å². The highest BCUT2D eigenvalue weighted by Crippen LogP contribution is 2.43. The molecule has 0 unspecified atom stereocenters. The average Bonchev–Trinajstić information content (AvgIpc) is 3.77. The van der Waals surface area contributed by atoms with Gasteiger partial charge in [0.1, 0.15) is 28.0 Å². The van der Waals surface area contributed by atoms with Crippen LogP contribution in [0, 0.1) is 0 Å². The standard InChI is InChI=1S/C40H23N3O2/c1-3-12-24(13-4-1)36-37(29-18-11-21-32-34(29)28-17-8-10-20-31(28)44-32)42-40-38(41-36)35-33(45-40)23-22-27-26-16-7-9-19-30(26)43(39(27)35)25-14-5-2-6-15-25/h1-23H. The van der Waals surface area contributed by atoms with Crippen LogP contribution in [-0.2, 0) is 0 Å². The van der Waals surface area contributed by atoms with E-state index in [2.05, 4.69) is 89.5 Å². The number of fused-ring (bicyclic) bond motifs is 10. The molecule has 6 aromatic carbocycles. The summed E-state index contributed by atoms with van der Waals surface area (Å²) in [4.78, 5) is 10.7. The normalized spacial score (nSPS) is 12.0. The summed E-state index contributed by atoms with van der Waals surface area (Å²) >= 11 is 0. The highest BCUT2D eigenvalue weighted by Gasteiger charge is 2.24. The van der Waals surface area contributed by atoms with Crippen molar-refractivity contribution in [1.29, 1.82) is 0 Å². The second-order valence-corrected chi connectivity index (χ2v) is 11.3. The number of nitrogens with zero attached hydrogens (tertiary/aromatic N) is 3. The number of rotatable bonds is 3. The molecule has 5 nitrogen and oxygen atoms in total. The molecule has 210 valence electrons. The molecular formula is C40H23N3O2. The fourth-order valence-electron chi connectivity index (χ4n) is 6.91. The van der Waals surface area contributed by atoms with Gasteiger partial charge in [0, 0.05) is 38.4 Å². The van der Waals surface area contributed by atoms with Crippen molar-refractivity contribution in [3.8, 4) is 28.2 Å². The van der Waals surface area contributed by atoms with Gasteiger partial charge in [-0.1, -0.05) is 97.1 Å². The van der Waals surface area contributed by atoms with E-state index < -0.39 is 0 Å². The molecule has 5 heteroatoms. The molecule has 10 aromatic rings. The Labute approximate surface area is 256 Å². The summed E-state index contributed by atoms with van der Waals surface area (Å²) in [7, 11) is 0. The van der Waals surface area contributed by atoms with Crippen molar-refractivity contribution >= 4 is 65.9 Å². The van der Waals surface area contributed by atoms with Crippen molar-refractivity contribution in [3.63, 3.8) is 0 Å². The quantitative estimate of drug-likeness (QED) is 0.210. The Hall–Kier alpha value is -6.20. The second kappa shape index (κ2) is 9.15. The molecule has 0 N–H and O–H groups in total. The van der Waals surface area contributed by atoms with Crippen LogP contribution in [0.3, 0.4) is 0 Å². The van der Waals surface area contributed by atoms with Gasteiger partial charge < -0.3 is 13.4 Å². The van der Waals surface area contributed by atoms with Crippen LogP contribution >= 0.6 is 0 Å². The Balaban J connectivity index is 1.37. The molecule has 0 saturated heterocycles. The van der Waals surface area contributed by atoms with Crippen LogP contribution in [0.5, 0.6) is 0 Å². The molecule has 0 saturated carbocycles. The first-order valence-corrected chi connectivity index (χ1v) is 15.0. The molecule has 0 fully saturated rings. The zero-order chi connectivity index (χ0) is 29.5. The van der Waals surface area contributed by atoms with Crippen LogP contribution in [-0.4, -0.2) is 14.5 Å². The molecule has 45 heavy (non-hydrogen) atoms. The van der Waals surface area contributed by atoms with E-state index in [0.717, 1.165) is 83.0 Å². The van der Waals surface area contributed by atoms with Crippen molar-refractivity contribution in [2.24, 2.45) is 0 Å². The summed E-state index contributed by atoms with van der Waals surface area (Å²) < 4.78 is 15.1. The zero-order valence-electron chi connectivity index (χ0n) is 23.9. The Morgan fingerprint density at radius 1 is 0.467 bits per heavy atom. The van der Waals surface area contributed by atoms with E-state index in [4.69, 9.17) is 18.8 Å². The fourth-order valence-corrected chi connectivity index (χ4v) is 6.91. The van der Waals surface area contributed by atoms with Gasteiger partial charge in [-0.2, -0.15) is 0 Å². The molecule has 0 atom stereocenters. The maximum absolute atomic E-state index is 6.57. The van der Waals surface area contributed by atoms with E-state index in [1.807, 2.05) is 54.6 Å². The van der Waals surface area contributed by atoms with Crippen LogP contribution in [0.15, 0.2) is 148 Å². The molecule has 4 heterocycles. The zero-order valence-corrected chi connectivity index (χ0v) is 23.9. The summed E-state index contributed by atoms with van der Waals surface area (Å²) in [6.45, 7) is 0. The third kappa shape index (κ3) is 3.43. The number of benzene rings is 6. The summed E-state index contributed by atoms with van der Waals surface area (Å²) in [6, 6.07) is 47.7. The molecule has 0 aliphatic carbocycles. The van der Waals surface area contributed by atoms with Crippen LogP contribution in [0.4, 0.5) is 0 Å². The summed E-state index contributed by atoms with van der Waals surface area (Å²) in [5, 5.41) is 5.33. The number of aromatic nitrogens is 3. The number of para-hydroxylation sites is 3. The van der Waals surface area contributed by atoms with E-state index in [1.165, 1.54) is 5.39 Å². The first kappa shape index (κ1) is 24.3. The van der Waals surface area contributed by atoms with Gasteiger partial charge in [-0.25, -0.2) is 9.97 Å². The van der Waals surface area contributed by atoms with Crippen molar-refractivity contribution in [2.75, 3.05) is 0 Å². The van der Waals surface area contributed by atoms with Gasteiger partial charge in [0.15, 0.2) is 0 Å². The van der Waals surface area contributed by atoms with Crippen molar-refractivity contribution in [2.45, 2.75) is 0 Å². The van der Waals surface area contributed by atoms with E-state index in [9.17, 15) is 0 Å². The molecule has 0 bridgehead atoms. The second-order valence-electron chi connectivity index (χ2n) is 11.3. The predicted molar refractivity (Wildman–Crippen MR) is 182 cm³/mol. The summed E-state index contributed by atoms with van der Waals surface area (Å²) in [6.07, 6.45) is 0. The highest BCUT2D eigenvalue weighted by atomic mass is 16.3. The smallest absolute Gasteiger partial charge is 0.247 e. The minimum Gasteiger partial charge on any atom is -0.456 e. The van der Waals surface area contributed by atoms with Gasteiger partial charge in [0.05, 0.1) is 22.1 Å². The monoisotopic (exact) mass is 577 g/mol. The SMILES string of the molecule is c1ccc(-c2nc3c(nc2-c2cccc4oc5ccccc5c24)oc2ccc4c5ccccc5n(-c5ccccc5)c4c23)cc1. The Morgan fingerprint density at radius 2 is 1.18 bits per heavy atom. The lowest BCUT2D eigenvalue weighted by molar-refractivity contribution is 0.654. The third-order valence-corrected chi connectivity index (χ3v) is 8.82. The van der Waals surface area contributed by atoms with E-state index in [-0.39, 0.29) is 0 Å². The lowest BCUT2D eigenvalue weighted by atomic mass is 9.99. The largest absolute Gasteiger partial charge is 0.456 e. The Morgan fingerprint density at radius 3 is 2.04 bits per heavy atom.